The van der Waals surface area contributed by atoms with Gasteiger partial charge in [0.1, 0.15) is 17.7 Å². The highest BCUT2D eigenvalue weighted by Gasteiger charge is 2.36. The fourth-order valence-corrected chi connectivity index (χ4v) is 4.23. The number of para-hydroxylation sites is 1. The molecule has 0 fully saturated rings. The van der Waals surface area contributed by atoms with E-state index in [1.165, 1.54) is 4.90 Å². The third kappa shape index (κ3) is 9.70. The molecule has 3 N–H and O–H groups in total. The Morgan fingerprint density at radius 3 is 2.23 bits per heavy atom. The van der Waals surface area contributed by atoms with E-state index in [9.17, 15) is 19.5 Å². The number of hydrogen-bond acceptors (Lipinski definition) is 5. The highest BCUT2D eigenvalue weighted by Crippen LogP contribution is 2.27. The number of ether oxygens (including phenoxy) is 1. The molecule has 0 saturated heterocycles. The summed E-state index contributed by atoms with van der Waals surface area (Å²) in [5, 5.41) is 15.6. The van der Waals surface area contributed by atoms with Crippen LogP contribution < -0.4 is 10.6 Å². The number of rotatable bonds is 12. The van der Waals surface area contributed by atoms with Crippen LogP contribution in [-0.4, -0.2) is 52.7 Å². The molecule has 214 valence electrons. The van der Waals surface area contributed by atoms with Gasteiger partial charge in [0.25, 0.3) is 5.91 Å². The topological polar surface area (TPSA) is 108 Å². The van der Waals surface area contributed by atoms with Crippen LogP contribution in [0.1, 0.15) is 81.7 Å². The standard InChI is InChI=1S/C31H45N3O5/c1-8-9-10-13-18-34(29(37)26(20-35)33-30(38)39-31(5,6)7)27(24-17-16-21(2)23(4)19-24)28(36)32-25-15-12-11-14-22(25)3/h11-12,14-17,19,26-27,35H,8-10,13,18,20H2,1-7H3,(H,32,36)(H,33,38). The van der Waals surface area contributed by atoms with E-state index < -0.39 is 36.3 Å². The van der Waals surface area contributed by atoms with Crippen LogP contribution in [0.5, 0.6) is 0 Å². The Kier molecular flexibility index (Phi) is 12.0. The monoisotopic (exact) mass is 539 g/mol. The van der Waals surface area contributed by atoms with Gasteiger partial charge in [-0.2, -0.15) is 0 Å². The van der Waals surface area contributed by atoms with Gasteiger partial charge in [-0.1, -0.05) is 62.6 Å². The van der Waals surface area contributed by atoms with Gasteiger partial charge in [-0.15, -0.1) is 0 Å². The predicted octanol–water partition coefficient (Wildman–Crippen LogP) is 5.59. The van der Waals surface area contributed by atoms with Gasteiger partial charge in [0.2, 0.25) is 5.91 Å². The number of nitrogens with one attached hydrogen (secondary N) is 2. The van der Waals surface area contributed by atoms with Crippen molar-refractivity contribution in [2.45, 2.75) is 91.8 Å². The van der Waals surface area contributed by atoms with E-state index >= 15 is 0 Å². The van der Waals surface area contributed by atoms with Crippen molar-refractivity contribution >= 4 is 23.6 Å². The minimum absolute atomic E-state index is 0.282. The third-order valence-electron chi connectivity index (χ3n) is 6.52. The average Bonchev–Trinajstić information content (AvgIpc) is 2.86. The molecule has 0 aliphatic heterocycles. The quantitative estimate of drug-likeness (QED) is 0.305. The van der Waals surface area contributed by atoms with Gasteiger partial charge in [-0.05, 0) is 76.3 Å². The highest BCUT2D eigenvalue weighted by atomic mass is 16.6. The van der Waals surface area contributed by atoms with E-state index in [2.05, 4.69) is 17.6 Å². The van der Waals surface area contributed by atoms with Crippen LogP contribution in [0.15, 0.2) is 42.5 Å². The average molecular weight is 540 g/mol. The normalized spacial score (nSPS) is 12.8. The Bertz CT molecular complexity index is 1130. The van der Waals surface area contributed by atoms with E-state index in [1.54, 1.807) is 20.8 Å². The summed E-state index contributed by atoms with van der Waals surface area (Å²) in [6.45, 7) is 12.7. The molecule has 0 bridgehead atoms. The minimum Gasteiger partial charge on any atom is -0.444 e. The van der Waals surface area contributed by atoms with Crippen molar-refractivity contribution in [2.24, 2.45) is 0 Å². The van der Waals surface area contributed by atoms with Gasteiger partial charge >= 0.3 is 6.09 Å². The van der Waals surface area contributed by atoms with Crippen LogP contribution in [-0.2, 0) is 14.3 Å². The number of carbonyl (C=O) groups excluding carboxylic acids is 3. The second-order valence-electron chi connectivity index (χ2n) is 11.0. The first-order valence-corrected chi connectivity index (χ1v) is 13.7. The molecule has 2 rings (SSSR count). The SMILES string of the molecule is CCCCCCN(C(=O)C(CO)NC(=O)OC(C)(C)C)C(C(=O)Nc1ccccc1C)c1ccc(C)c(C)c1. The molecule has 39 heavy (non-hydrogen) atoms. The van der Waals surface area contributed by atoms with Crippen molar-refractivity contribution in [1.82, 2.24) is 10.2 Å². The van der Waals surface area contributed by atoms with Crippen molar-refractivity contribution in [2.75, 3.05) is 18.5 Å². The summed E-state index contributed by atoms with van der Waals surface area (Å²) in [4.78, 5) is 41.9. The lowest BCUT2D eigenvalue weighted by Gasteiger charge is -2.34. The summed E-state index contributed by atoms with van der Waals surface area (Å²) in [6, 6.07) is 10.9. The van der Waals surface area contributed by atoms with Crippen LogP contribution in [0.4, 0.5) is 10.5 Å². The largest absolute Gasteiger partial charge is 0.444 e. The molecule has 3 amide bonds. The summed E-state index contributed by atoms with van der Waals surface area (Å²) < 4.78 is 5.32. The van der Waals surface area contributed by atoms with E-state index in [4.69, 9.17) is 4.74 Å². The van der Waals surface area contributed by atoms with Gasteiger partial charge in [-0.25, -0.2) is 4.79 Å². The number of anilines is 1. The van der Waals surface area contributed by atoms with E-state index in [0.717, 1.165) is 36.0 Å². The zero-order chi connectivity index (χ0) is 29.2. The van der Waals surface area contributed by atoms with Gasteiger partial charge < -0.3 is 25.4 Å². The lowest BCUT2D eigenvalue weighted by atomic mass is 9.97. The number of aliphatic hydroxyl groups is 1. The first-order chi connectivity index (χ1) is 18.4. The summed E-state index contributed by atoms with van der Waals surface area (Å²) in [5.74, 6) is -0.923. The summed E-state index contributed by atoms with van der Waals surface area (Å²) in [5.41, 5.74) is 3.48. The smallest absolute Gasteiger partial charge is 0.408 e. The molecule has 0 saturated carbocycles. The number of aliphatic hydroxyl groups excluding tert-OH is 1. The molecule has 0 aliphatic carbocycles. The lowest BCUT2D eigenvalue weighted by molar-refractivity contribution is -0.141. The minimum atomic E-state index is -1.27. The Morgan fingerprint density at radius 1 is 0.949 bits per heavy atom. The molecular weight excluding hydrogens is 494 g/mol. The number of aryl methyl sites for hydroxylation is 3. The molecule has 0 aliphatic rings. The van der Waals surface area contributed by atoms with Crippen LogP contribution in [0, 0.1) is 20.8 Å². The summed E-state index contributed by atoms with van der Waals surface area (Å²) in [7, 11) is 0. The van der Waals surface area contributed by atoms with Gasteiger partial charge in [-0.3, -0.25) is 9.59 Å². The maximum absolute atomic E-state index is 13.9. The highest BCUT2D eigenvalue weighted by molar-refractivity contribution is 5.99. The third-order valence-corrected chi connectivity index (χ3v) is 6.52. The zero-order valence-corrected chi connectivity index (χ0v) is 24.5. The maximum Gasteiger partial charge on any atom is 0.408 e. The fourth-order valence-electron chi connectivity index (χ4n) is 4.23. The predicted molar refractivity (Wildman–Crippen MR) is 155 cm³/mol. The number of benzene rings is 2. The second-order valence-corrected chi connectivity index (χ2v) is 11.0. The Labute approximate surface area is 233 Å². The van der Waals surface area contributed by atoms with Crippen LogP contribution in [0.2, 0.25) is 0 Å². The zero-order valence-electron chi connectivity index (χ0n) is 24.5. The molecular formula is C31H45N3O5. The second kappa shape index (κ2) is 14.7. The van der Waals surface area contributed by atoms with Crippen LogP contribution >= 0.6 is 0 Å². The van der Waals surface area contributed by atoms with E-state index in [-0.39, 0.29) is 12.5 Å². The van der Waals surface area contributed by atoms with Crippen molar-refractivity contribution in [3.8, 4) is 0 Å². The number of hydrogen-bond donors (Lipinski definition) is 3. The molecule has 2 aromatic carbocycles. The molecule has 0 heterocycles. The molecule has 2 atom stereocenters. The molecule has 0 aromatic heterocycles. The Morgan fingerprint density at radius 2 is 1.64 bits per heavy atom. The van der Waals surface area contributed by atoms with Gasteiger partial charge in [0.05, 0.1) is 6.61 Å². The molecule has 2 aromatic rings. The van der Waals surface area contributed by atoms with Gasteiger partial charge in [0, 0.05) is 12.2 Å². The first kappa shape index (κ1) is 31.8. The molecule has 2 unspecified atom stereocenters. The Hall–Kier alpha value is -3.39. The molecule has 0 spiro atoms. The van der Waals surface area contributed by atoms with Crippen molar-refractivity contribution < 1.29 is 24.2 Å². The Balaban J connectivity index is 2.52. The maximum atomic E-state index is 13.9. The van der Waals surface area contributed by atoms with Crippen LogP contribution in [0.3, 0.4) is 0 Å². The van der Waals surface area contributed by atoms with Crippen LogP contribution in [0.25, 0.3) is 0 Å². The fraction of sp³-hybridized carbons (Fsp3) is 0.516. The van der Waals surface area contributed by atoms with Crippen molar-refractivity contribution in [3.05, 3.63) is 64.7 Å². The molecule has 0 radical (unpaired) electrons. The number of amides is 3. The van der Waals surface area contributed by atoms with Crippen molar-refractivity contribution in [1.29, 1.82) is 0 Å². The first-order valence-electron chi connectivity index (χ1n) is 13.7. The molecule has 8 nitrogen and oxygen atoms in total. The number of nitrogens with zero attached hydrogens (tertiary/aromatic N) is 1. The summed E-state index contributed by atoms with van der Waals surface area (Å²) in [6.07, 6.45) is 2.74. The van der Waals surface area contributed by atoms with Crippen molar-refractivity contribution in [3.63, 3.8) is 0 Å². The van der Waals surface area contributed by atoms with E-state index in [0.29, 0.717) is 17.7 Å². The number of unbranched alkanes of at least 4 members (excludes halogenated alkanes) is 3. The summed E-state index contributed by atoms with van der Waals surface area (Å²) >= 11 is 0. The lowest BCUT2D eigenvalue weighted by Crippen LogP contribution is -2.54. The van der Waals surface area contributed by atoms with Gasteiger partial charge in [0.15, 0.2) is 0 Å². The number of alkyl carbamates (subject to hydrolysis) is 1. The van der Waals surface area contributed by atoms with E-state index in [1.807, 2.05) is 63.2 Å². The molecule has 8 heteroatoms. The number of carbonyl (C=O) groups is 3.